The van der Waals surface area contributed by atoms with E-state index in [0.717, 1.165) is 6.07 Å². The van der Waals surface area contributed by atoms with Crippen molar-refractivity contribution in [3.8, 4) is 6.07 Å². The molecule has 0 spiro atoms. The first-order valence-corrected chi connectivity index (χ1v) is 7.72. The number of carboxylic acids is 1. The van der Waals surface area contributed by atoms with Crippen molar-refractivity contribution in [3.05, 3.63) is 28.8 Å². The van der Waals surface area contributed by atoms with E-state index in [-0.39, 0.29) is 35.1 Å². The molecule has 0 amide bonds. The summed E-state index contributed by atoms with van der Waals surface area (Å²) < 4.78 is 31.8. The third-order valence-corrected chi connectivity index (χ3v) is 5.13. The molecule has 1 aliphatic heterocycles. The Balaban J connectivity index is 2.39. The molecule has 0 saturated carbocycles. The first kappa shape index (κ1) is 15.7. The number of ether oxygens (including phenoxy) is 1. The van der Waals surface area contributed by atoms with Crippen molar-refractivity contribution >= 4 is 27.6 Å². The number of carboxylic acid groups (broad SMARTS) is 1. The zero-order valence-corrected chi connectivity index (χ0v) is 12.2. The molecule has 7 nitrogen and oxygen atoms in total. The Morgan fingerprint density at radius 3 is 2.71 bits per heavy atom. The normalized spacial score (nSPS) is 21.9. The highest BCUT2D eigenvalue weighted by molar-refractivity contribution is 7.89. The summed E-state index contributed by atoms with van der Waals surface area (Å²) in [5.74, 6) is -1.31. The number of benzene rings is 1. The SMILES string of the molecule is N#Cc1ccc(S(=O)(=O)NC2(C(=O)O)CCOC2)c(Cl)c1. The lowest BCUT2D eigenvalue weighted by molar-refractivity contribution is -0.144. The average molecular weight is 331 g/mol. The first-order valence-electron chi connectivity index (χ1n) is 5.85. The summed E-state index contributed by atoms with van der Waals surface area (Å²) in [4.78, 5) is 11.1. The van der Waals surface area contributed by atoms with Gasteiger partial charge >= 0.3 is 5.97 Å². The number of sulfonamides is 1. The molecule has 1 heterocycles. The molecule has 0 radical (unpaired) electrons. The van der Waals surface area contributed by atoms with Crippen LogP contribution in [0.25, 0.3) is 0 Å². The molecular formula is C12H11ClN2O5S. The Kier molecular flexibility index (Phi) is 4.20. The molecule has 2 rings (SSSR count). The predicted octanol–water partition coefficient (Wildman–Crippen LogP) is 0.734. The molecule has 1 saturated heterocycles. The minimum Gasteiger partial charge on any atom is -0.480 e. The molecule has 0 bridgehead atoms. The second kappa shape index (κ2) is 5.61. The van der Waals surface area contributed by atoms with Crippen molar-refractivity contribution in [1.82, 2.24) is 4.72 Å². The standard InChI is InChI=1S/C12H11ClN2O5S/c13-9-5-8(6-14)1-2-10(9)21(18,19)15-12(11(16)17)3-4-20-7-12/h1-2,5,15H,3-4,7H2,(H,16,17). The van der Waals surface area contributed by atoms with Crippen LogP contribution in [0.1, 0.15) is 12.0 Å². The van der Waals surface area contributed by atoms with Crippen LogP contribution in [0.15, 0.2) is 23.1 Å². The Hall–Kier alpha value is -1.66. The quantitative estimate of drug-likeness (QED) is 0.840. The molecule has 1 aliphatic rings. The Morgan fingerprint density at radius 1 is 1.52 bits per heavy atom. The number of nitrogens with zero attached hydrogens (tertiary/aromatic N) is 1. The van der Waals surface area contributed by atoms with Crippen molar-refractivity contribution in [2.75, 3.05) is 13.2 Å². The molecule has 0 aromatic heterocycles. The van der Waals surface area contributed by atoms with E-state index in [2.05, 4.69) is 4.72 Å². The van der Waals surface area contributed by atoms with Gasteiger partial charge in [-0.25, -0.2) is 8.42 Å². The van der Waals surface area contributed by atoms with Gasteiger partial charge in [-0.3, -0.25) is 4.79 Å². The Morgan fingerprint density at radius 2 is 2.24 bits per heavy atom. The summed E-state index contributed by atoms with van der Waals surface area (Å²) in [5, 5.41) is 17.8. The van der Waals surface area contributed by atoms with Gasteiger partial charge in [-0.2, -0.15) is 9.98 Å². The van der Waals surface area contributed by atoms with Gasteiger partial charge in [0.1, 0.15) is 4.90 Å². The van der Waals surface area contributed by atoms with Crippen LogP contribution in [0.2, 0.25) is 5.02 Å². The minimum atomic E-state index is -4.15. The van der Waals surface area contributed by atoms with E-state index in [1.165, 1.54) is 12.1 Å². The van der Waals surface area contributed by atoms with Crippen molar-refractivity contribution in [1.29, 1.82) is 5.26 Å². The molecule has 9 heteroatoms. The van der Waals surface area contributed by atoms with Crippen molar-refractivity contribution in [2.45, 2.75) is 16.9 Å². The maximum atomic E-state index is 12.3. The fraction of sp³-hybridized carbons (Fsp3) is 0.333. The van der Waals surface area contributed by atoms with Crippen molar-refractivity contribution in [3.63, 3.8) is 0 Å². The van der Waals surface area contributed by atoms with Gasteiger partial charge in [0.2, 0.25) is 10.0 Å². The van der Waals surface area contributed by atoms with E-state index in [4.69, 9.17) is 21.6 Å². The smallest absolute Gasteiger partial charge is 0.327 e. The molecule has 1 unspecified atom stereocenters. The summed E-state index contributed by atoms with van der Waals surface area (Å²) in [7, 11) is -4.15. The molecule has 112 valence electrons. The van der Waals surface area contributed by atoms with E-state index < -0.39 is 21.5 Å². The molecular weight excluding hydrogens is 320 g/mol. The van der Waals surface area contributed by atoms with E-state index in [9.17, 15) is 18.3 Å². The zero-order chi connectivity index (χ0) is 15.7. The summed E-state index contributed by atoms with van der Waals surface area (Å²) in [5.41, 5.74) is -1.49. The van der Waals surface area contributed by atoms with Crippen LogP contribution in [-0.2, 0) is 19.6 Å². The highest BCUT2D eigenvalue weighted by Gasteiger charge is 2.46. The molecule has 0 aliphatic carbocycles. The second-order valence-electron chi connectivity index (χ2n) is 4.55. The summed E-state index contributed by atoms with van der Waals surface area (Å²) in [6.07, 6.45) is 0.0233. The number of nitriles is 1. The highest BCUT2D eigenvalue weighted by Crippen LogP contribution is 2.26. The van der Waals surface area contributed by atoms with E-state index >= 15 is 0 Å². The van der Waals surface area contributed by atoms with Gasteiger partial charge < -0.3 is 9.84 Å². The highest BCUT2D eigenvalue weighted by atomic mass is 35.5. The summed E-state index contributed by atoms with van der Waals surface area (Å²) in [6.45, 7) is -0.106. The van der Waals surface area contributed by atoms with Gasteiger partial charge in [-0.15, -0.1) is 0 Å². The Bertz CT molecular complexity index is 720. The maximum Gasteiger partial charge on any atom is 0.327 e. The third-order valence-electron chi connectivity index (χ3n) is 3.11. The maximum absolute atomic E-state index is 12.3. The van der Waals surface area contributed by atoms with Gasteiger partial charge in [-0.05, 0) is 18.2 Å². The molecule has 1 atom stereocenters. The van der Waals surface area contributed by atoms with Gasteiger partial charge in [0.25, 0.3) is 0 Å². The fourth-order valence-corrected chi connectivity index (χ4v) is 3.88. The van der Waals surface area contributed by atoms with E-state index in [0.29, 0.717) is 0 Å². The lowest BCUT2D eigenvalue weighted by Gasteiger charge is -2.23. The molecule has 21 heavy (non-hydrogen) atoms. The number of hydrogen-bond donors (Lipinski definition) is 2. The number of carbonyl (C=O) groups is 1. The number of hydrogen-bond acceptors (Lipinski definition) is 5. The van der Waals surface area contributed by atoms with Crippen molar-refractivity contribution < 1.29 is 23.1 Å². The number of nitrogens with one attached hydrogen (secondary N) is 1. The zero-order valence-electron chi connectivity index (χ0n) is 10.7. The van der Waals surface area contributed by atoms with Gasteiger partial charge in [-0.1, -0.05) is 11.6 Å². The number of halogens is 1. The lowest BCUT2D eigenvalue weighted by Crippen LogP contribution is -2.55. The van der Waals surface area contributed by atoms with Gasteiger partial charge in [0.15, 0.2) is 5.54 Å². The average Bonchev–Trinajstić information content (AvgIpc) is 2.87. The lowest BCUT2D eigenvalue weighted by atomic mass is 10.0. The van der Waals surface area contributed by atoms with Crippen LogP contribution < -0.4 is 4.72 Å². The minimum absolute atomic E-state index is 0.0233. The largest absolute Gasteiger partial charge is 0.480 e. The van der Waals surface area contributed by atoms with Crippen LogP contribution in [0.3, 0.4) is 0 Å². The molecule has 1 fully saturated rings. The summed E-state index contributed by atoms with van der Waals surface area (Å²) in [6, 6.07) is 5.49. The molecule has 2 N–H and O–H groups in total. The van der Waals surface area contributed by atoms with Gasteiger partial charge in [0.05, 0.1) is 23.3 Å². The predicted molar refractivity (Wildman–Crippen MR) is 72.3 cm³/mol. The van der Waals surface area contributed by atoms with E-state index in [1.54, 1.807) is 0 Å². The molecule has 1 aromatic carbocycles. The fourth-order valence-electron chi connectivity index (χ4n) is 1.96. The van der Waals surface area contributed by atoms with E-state index in [1.807, 2.05) is 6.07 Å². The van der Waals surface area contributed by atoms with Crippen LogP contribution in [-0.4, -0.2) is 38.2 Å². The number of rotatable bonds is 4. The monoisotopic (exact) mass is 330 g/mol. The number of aliphatic carboxylic acids is 1. The molecule has 1 aromatic rings. The van der Waals surface area contributed by atoms with Crippen LogP contribution in [0.4, 0.5) is 0 Å². The van der Waals surface area contributed by atoms with Crippen molar-refractivity contribution in [2.24, 2.45) is 0 Å². The first-order chi connectivity index (χ1) is 9.81. The second-order valence-corrected chi connectivity index (χ2v) is 6.61. The third kappa shape index (κ3) is 3.01. The van der Waals surface area contributed by atoms with Crippen LogP contribution in [0.5, 0.6) is 0 Å². The van der Waals surface area contributed by atoms with Crippen LogP contribution in [0, 0.1) is 11.3 Å². The van der Waals surface area contributed by atoms with Crippen LogP contribution >= 0.6 is 11.6 Å². The topological polar surface area (TPSA) is 116 Å². The summed E-state index contributed by atoms with van der Waals surface area (Å²) >= 11 is 5.85. The Labute approximate surface area is 126 Å². The van der Waals surface area contributed by atoms with Gasteiger partial charge in [0, 0.05) is 13.0 Å².